The van der Waals surface area contributed by atoms with Crippen molar-refractivity contribution in [3.8, 4) is 0 Å². The first kappa shape index (κ1) is 8.02. The van der Waals surface area contributed by atoms with E-state index >= 15 is 0 Å². The van der Waals surface area contributed by atoms with Crippen LogP contribution in [0.15, 0.2) is 0 Å². The number of hydrogen-bond donors (Lipinski definition) is 0. The van der Waals surface area contributed by atoms with Crippen LogP contribution >= 0.6 is 0 Å². The quantitative estimate of drug-likeness (QED) is 0.554. The highest BCUT2D eigenvalue weighted by atomic mass is 16.5. The second-order valence-corrected chi connectivity index (χ2v) is 3.13. The molecular weight excluding hydrogens is 128 g/mol. The van der Waals surface area contributed by atoms with Crippen molar-refractivity contribution in [3.05, 3.63) is 0 Å². The molecule has 0 N–H and O–H groups in total. The second kappa shape index (κ2) is 3.35. The van der Waals surface area contributed by atoms with Crippen LogP contribution in [0.2, 0.25) is 0 Å². The van der Waals surface area contributed by atoms with E-state index in [0.29, 0.717) is 18.1 Å². The van der Waals surface area contributed by atoms with Gasteiger partial charge in [0.05, 0.1) is 18.8 Å². The van der Waals surface area contributed by atoms with Gasteiger partial charge in [-0.1, -0.05) is 6.92 Å². The fraction of sp³-hybridized carbons (Fsp3) is 1.00. The Morgan fingerprint density at radius 1 is 1.40 bits per heavy atom. The first-order chi connectivity index (χ1) is 4.74. The van der Waals surface area contributed by atoms with E-state index in [2.05, 4.69) is 13.8 Å². The lowest BCUT2D eigenvalue weighted by Gasteiger charge is -2.31. The summed E-state index contributed by atoms with van der Waals surface area (Å²) in [4.78, 5) is 0. The minimum atomic E-state index is 0.376. The molecule has 0 aromatic rings. The minimum Gasteiger partial charge on any atom is -0.381 e. The summed E-state index contributed by atoms with van der Waals surface area (Å²) in [6, 6.07) is 0. The van der Waals surface area contributed by atoms with Gasteiger partial charge in [0.1, 0.15) is 0 Å². The highest BCUT2D eigenvalue weighted by molar-refractivity contribution is 4.73. The average molecular weight is 144 g/mol. The van der Waals surface area contributed by atoms with Gasteiger partial charge < -0.3 is 9.47 Å². The molecule has 1 rings (SSSR count). The maximum atomic E-state index is 5.44. The van der Waals surface area contributed by atoms with Gasteiger partial charge in [0.15, 0.2) is 0 Å². The van der Waals surface area contributed by atoms with Gasteiger partial charge in [-0.05, 0) is 13.3 Å². The van der Waals surface area contributed by atoms with Crippen molar-refractivity contribution >= 4 is 0 Å². The van der Waals surface area contributed by atoms with Gasteiger partial charge in [-0.25, -0.2) is 0 Å². The van der Waals surface area contributed by atoms with Crippen LogP contribution in [0.4, 0.5) is 0 Å². The summed E-state index contributed by atoms with van der Waals surface area (Å²) in [7, 11) is 1.78. The Balaban J connectivity index is 2.38. The summed E-state index contributed by atoms with van der Waals surface area (Å²) in [6.45, 7) is 5.11. The van der Waals surface area contributed by atoms with Crippen LogP contribution in [0.3, 0.4) is 0 Å². The zero-order valence-corrected chi connectivity index (χ0v) is 6.96. The molecule has 1 saturated heterocycles. The van der Waals surface area contributed by atoms with Gasteiger partial charge in [-0.2, -0.15) is 0 Å². The van der Waals surface area contributed by atoms with Gasteiger partial charge in [0.2, 0.25) is 0 Å². The van der Waals surface area contributed by atoms with Crippen molar-refractivity contribution in [3.63, 3.8) is 0 Å². The van der Waals surface area contributed by atoms with E-state index in [0.717, 1.165) is 13.0 Å². The van der Waals surface area contributed by atoms with Crippen molar-refractivity contribution in [1.29, 1.82) is 0 Å². The van der Waals surface area contributed by atoms with Gasteiger partial charge >= 0.3 is 0 Å². The van der Waals surface area contributed by atoms with E-state index < -0.39 is 0 Å². The van der Waals surface area contributed by atoms with Crippen LogP contribution in [0.1, 0.15) is 20.3 Å². The monoisotopic (exact) mass is 144 g/mol. The molecule has 60 valence electrons. The van der Waals surface area contributed by atoms with Crippen LogP contribution in [0.5, 0.6) is 0 Å². The third-order valence-corrected chi connectivity index (χ3v) is 2.15. The van der Waals surface area contributed by atoms with Crippen LogP contribution in [-0.2, 0) is 9.47 Å². The zero-order chi connectivity index (χ0) is 7.56. The van der Waals surface area contributed by atoms with Gasteiger partial charge in [-0.3, -0.25) is 0 Å². The van der Waals surface area contributed by atoms with Gasteiger partial charge in [-0.15, -0.1) is 0 Å². The molecule has 0 aromatic heterocycles. The number of rotatable bonds is 1. The molecule has 0 aliphatic carbocycles. The number of methoxy groups -OCH3 is 1. The highest BCUT2D eigenvalue weighted by Crippen LogP contribution is 2.20. The molecule has 1 fully saturated rings. The Morgan fingerprint density at radius 3 is 2.60 bits per heavy atom. The maximum Gasteiger partial charge on any atom is 0.0643 e. The molecular formula is C8H16O2. The smallest absolute Gasteiger partial charge is 0.0643 e. The topological polar surface area (TPSA) is 18.5 Å². The van der Waals surface area contributed by atoms with Crippen LogP contribution in [-0.4, -0.2) is 25.9 Å². The molecule has 0 saturated carbocycles. The predicted molar refractivity (Wildman–Crippen MR) is 40.0 cm³/mol. The molecule has 10 heavy (non-hydrogen) atoms. The summed E-state index contributed by atoms with van der Waals surface area (Å²) < 4.78 is 10.7. The Bertz CT molecular complexity index is 103. The second-order valence-electron chi connectivity index (χ2n) is 3.13. The summed E-state index contributed by atoms with van der Waals surface area (Å²) in [5.74, 6) is 0.557. The molecule has 0 bridgehead atoms. The third-order valence-electron chi connectivity index (χ3n) is 2.15. The Kier molecular flexibility index (Phi) is 2.69. The van der Waals surface area contributed by atoms with Crippen LogP contribution in [0.25, 0.3) is 0 Å². The largest absolute Gasteiger partial charge is 0.381 e. The van der Waals surface area contributed by atoms with E-state index in [1.54, 1.807) is 7.11 Å². The van der Waals surface area contributed by atoms with E-state index in [4.69, 9.17) is 9.47 Å². The SMILES string of the molecule is CO[C@H]1C[C@@H](C)OC[C@H]1C. The fourth-order valence-electron chi connectivity index (χ4n) is 1.38. The van der Waals surface area contributed by atoms with E-state index in [-0.39, 0.29) is 0 Å². The molecule has 1 heterocycles. The lowest BCUT2D eigenvalue weighted by Crippen LogP contribution is -2.35. The lowest BCUT2D eigenvalue weighted by molar-refractivity contribution is -0.0849. The molecule has 2 nitrogen and oxygen atoms in total. The number of hydrogen-bond acceptors (Lipinski definition) is 2. The van der Waals surface area contributed by atoms with Crippen molar-refractivity contribution < 1.29 is 9.47 Å². The van der Waals surface area contributed by atoms with Gasteiger partial charge in [0, 0.05) is 13.0 Å². The summed E-state index contributed by atoms with van der Waals surface area (Å²) in [6.07, 6.45) is 1.82. The molecule has 3 atom stereocenters. The molecule has 1 aliphatic rings. The number of ether oxygens (including phenoxy) is 2. The van der Waals surface area contributed by atoms with Crippen molar-refractivity contribution in [2.24, 2.45) is 5.92 Å². The summed E-state index contributed by atoms with van der Waals surface area (Å²) in [5.41, 5.74) is 0. The maximum absolute atomic E-state index is 5.44. The summed E-state index contributed by atoms with van der Waals surface area (Å²) in [5, 5.41) is 0. The van der Waals surface area contributed by atoms with Crippen molar-refractivity contribution in [2.45, 2.75) is 32.5 Å². The highest BCUT2D eigenvalue weighted by Gasteiger charge is 2.25. The van der Waals surface area contributed by atoms with Crippen molar-refractivity contribution in [1.82, 2.24) is 0 Å². The van der Waals surface area contributed by atoms with Gasteiger partial charge in [0.25, 0.3) is 0 Å². The first-order valence-corrected chi connectivity index (χ1v) is 3.88. The molecule has 0 unspecified atom stereocenters. The average Bonchev–Trinajstić information content (AvgIpc) is 1.94. The zero-order valence-electron chi connectivity index (χ0n) is 6.96. The normalized spacial score (nSPS) is 41.7. The first-order valence-electron chi connectivity index (χ1n) is 3.88. The summed E-state index contributed by atoms with van der Waals surface area (Å²) >= 11 is 0. The van der Waals surface area contributed by atoms with E-state index in [9.17, 15) is 0 Å². The van der Waals surface area contributed by atoms with E-state index in [1.165, 1.54) is 0 Å². The molecule has 1 aliphatic heterocycles. The Labute approximate surface area is 62.5 Å². The van der Waals surface area contributed by atoms with E-state index in [1.807, 2.05) is 0 Å². The fourth-order valence-corrected chi connectivity index (χ4v) is 1.38. The molecule has 0 amide bonds. The predicted octanol–water partition coefficient (Wildman–Crippen LogP) is 1.45. The van der Waals surface area contributed by atoms with Crippen LogP contribution in [0, 0.1) is 5.92 Å². The molecule has 0 spiro atoms. The standard InChI is InChI=1S/C8H16O2/c1-6-5-10-7(2)4-8(6)9-3/h6-8H,4-5H2,1-3H3/t6-,7-,8+/m1/s1. The lowest BCUT2D eigenvalue weighted by atomic mass is 9.97. The van der Waals surface area contributed by atoms with Crippen LogP contribution < -0.4 is 0 Å². The van der Waals surface area contributed by atoms with Crippen molar-refractivity contribution in [2.75, 3.05) is 13.7 Å². The third kappa shape index (κ3) is 1.70. The molecule has 0 radical (unpaired) electrons. The molecule has 2 heteroatoms. The Morgan fingerprint density at radius 2 is 2.10 bits per heavy atom. The minimum absolute atomic E-state index is 0.376. The molecule has 0 aromatic carbocycles. The Hall–Kier alpha value is -0.0800.